The maximum absolute atomic E-state index is 9.01. The van der Waals surface area contributed by atoms with E-state index in [0.717, 1.165) is 13.0 Å². The van der Waals surface area contributed by atoms with Gasteiger partial charge in [-0.3, -0.25) is 0 Å². The highest BCUT2D eigenvalue weighted by molar-refractivity contribution is 4.89. The van der Waals surface area contributed by atoms with E-state index in [4.69, 9.17) is 9.84 Å². The Hall–Kier alpha value is -0.0800. The fraction of sp³-hybridized carbons (Fsp3) is 1.00. The number of aliphatic hydroxyl groups excluding tert-OH is 1. The first kappa shape index (κ1) is 12.0. The van der Waals surface area contributed by atoms with Gasteiger partial charge >= 0.3 is 0 Å². The molecule has 84 valence electrons. The summed E-state index contributed by atoms with van der Waals surface area (Å²) in [7, 11) is 0. The molecule has 0 aromatic heterocycles. The minimum Gasteiger partial charge on any atom is -0.394 e. The van der Waals surface area contributed by atoms with Crippen LogP contribution in [0.3, 0.4) is 0 Å². The van der Waals surface area contributed by atoms with Crippen LogP contribution >= 0.6 is 0 Å². The molecule has 0 aromatic carbocycles. The third kappa shape index (κ3) is 2.12. The van der Waals surface area contributed by atoms with Crippen molar-refractivity contribution in [3.05, 3.63) is 0 Å². The minimum absolute atomic E-state index is 0.0839. The quantitative estimate of drug-likeness (QED) is 0.758. The maximum atomic E-state index is 9.01. The zero-order chi connectivity index (χ0) is 10.8. The van der Waals surface area contributed by atoms with Crippen LogP contribution in [-0.4, -0.2) is 24.4 Å². The highest BCUT2D eigenvalue weighted by atomic mass is 16.5. The Labute approximate surface area is 87.7 Å². The molecule has 1 N–H and O–H groups in total. The maximum Gasteiger partial charge on any atom is 0.0806 e. The van der Waals surface area contributed by atoms with Gasteiger partial charge in [-0.15, -0.1) is 0 Å². The van der Waals surface area contributed by atoms with Crippen molar-refractivity contribution >= 4 is 0 Å². The van der Waals surface area contributed by atoms with Gasteiger partial charge in [0, 0.05) is 0 Å². The molecule has 1 heterocycles. The van der Waals surface area contributed by atoms with E-state index in [1.54, 1.807) is 0 Å². The van der Waals surface area contributed by atoms with Crippen molar-refractivity contribution in [2.45, 2.75) is 46.6 Å². The summed E-state index contributed by atoms with van der Waals surface area (Å²) in [4.78, 5) is 0. The van der Waals surface area contributed by atoms with Crippen molar-refractivity contribution in [2.24, 2.45) is 17.3 Å². The van der Waals surface area contributed by atoms with Crippen LogP contribution < -0.4 is 0 Å². The molecule has 1 rings (SSSR count). The lowest BCUT2D eigenvalue weighted by atomic mass is 9.65. The van der Waals surface area contributed by atoms with Gasteiger partial charge in [0.25, 0.3) is 0 Å². The summed E-state index contributed by atoms with van der Waals surface area (Å²) >= 11 is 0. The van der Waals surface area contributed by atoms with E-state index in [2.05, 4.69) is 27.7 Å². The van der Waals surface area contributed by atoms with Gasteiger partial charge in [-0.2, -0.15) is 0 Å². The van der Waals surface area contributed by atoms with Crippen LogP contribution in [0.2, 0.25) is 0 Å². The molecule has 0 bridgehead atoms. The zero-order valence-electron chi connectivity index (χ0n) is 9.92. The van der Waals surface area contributed by atoms with Gasteiger partial charge in [-0.1, -0.05) is 27.7 Å². The number of ether oxygens (including phenoxy) is 1. The second kappa shape index (κ2) is 4.63. The molecule has 1 saturated heterocycles. The van der Waals surface area contributed by atoms with Gasteiger partial charge in [0.2, 0.25) is 0 Å². The standard InChI is InChI=1S/C12H24O2/c1-9(2)12(10(3)4)6-5-11(7-13)14-8-12/h9-11,13H,5-8H2,1-4H3. The van der Waals surface area contributed by atoms with E-state index >= 15 is 0 Å². The molecular formula is C12H24O2. The molecule has 0 amide bonds. The monoisotopic (exact) mass is 200 g/mol. The highest BCUT2D eigenvalue weighted by Crippen LogP contribution is 2.43. The topological polar surface area (TPSA) is 29.5 Å². The molecule has 14 heavy (non-hydrogen) atoms. The summed E-state index contributed by atoms with van der Waals surface area (Å²) in [5.41, 5.74) is 0.325. The van der Waals surface area contributed by atoms with E-state index in [1.807, 2.05) is 0 Å². The summed E-state index contributed by atoms with van der Waals surface area (Å²) in [5, 5.41) is 9.01. The van der Waals surface area contributed by atoms with E-state index in [9.17, 15) is 0 Å². The Kier molecular flexibility index (Phi) is 3.96. The van der Waals surface area contributed by atoms with E-state index in [-0.39, 0.29) is 12.7 Å². The molecule has 1 atom stereocenters. The summed E-state index contributed by atoms with van der Waals surface area (Å²) in [5.74, 6) is 1.31. The van der Waals surface area contributed by atoms with Crippen molar-refractivity contribution < 1.29 is 9.84 Å². The fourth-order valence-electron chi connectivity index (χ4n) is 2.58. The lowest BCUT2D eigenvalue weighted by Crippen LogP contribution is -2.44. The smallest absolute Gasteiger partial charge is 0.0806 e. The minimum atomic E-state index is 0.0839. The first-order chi connectivity index (χ1) is 6.53. The molecule has 0 aliphatic carbocycles. The van der Waals surface area contributed by atoms with Gasteiger partial charge in [0.15, 0.2) is 0 Å². The largest absolute Gasteiger partial charge is 0.394 e. The third-order valence-electron chi connectivity index (χ3n) is 4.02. The molecule has 1 fully saturated rings. The van der Waals surface area contributed by atoms with Gasteiger partial charge in [-0.05, 0) is 30.1 Å². The average Bonchev–Trinajstić information content (AvgIpc) is 2.17. The van der Waals surface area contributed by atoms with Crippen molar-refractivity contribution in [1.82, 2.24) is 0 Å². The predicted octanol–water partition coefficient (Wildman–Crippen LogP) is 2.46. The normalized spacial score (nSPS) is 27.2. The molecule has 1 aliphatic heterocycles. The fourth-order valence-corrected chi connectivity index (χ4v) is 2.58. The molecule has 2 nitrogen and oxygen atoms in total. The van der Waals surface area contributed by atoms with Gasteiger partial charge in [-0.25, -0.2) is 0 Å². The second-order valence-corrected chi connectivity index (χ2v) is 5.20. The molecule has 0 radical (unpaired) electrons. The lowest BCUT2D eigenvalue weighted by Gasteiger charge is -2.46. The Balaban J connectivity index is 2.65. The third-order valence-corrected chi connectivity index (χ3v) is 4.02. The first-order valence-corrected chi connectivity index (χ1v) is 5.75. The Morgan fingerprint density at radius 1 is 1.29 bits per heavy atom. The molecule has 0 saturated carbocycles. The van der Waals surface area contributed by atoms with Crippen LogP contribution in [0.25, 0.3) is 0 Å². The number of hydrogen-bond donors (Lipinski definition) is 1. The van der Waals surface area contributed by atoms with Crippen LogP contribution in [0.5, 0.6) is 0 Å². The van der Waals surface area contributed by atoms with Crippen molar-refractivity contribution in [1.29, 1.82) is 0 Å². The molecule has 0 aromatic rings. The van der Waals surface area contributed by atoms with Crippen LogP contribution in [0.4, 0.5) is 0 Å². The molecule has 2 heteroatoms. The zero-order valence-corrected chi connectivity index (χ0v) is 9.92. The highest BCUT2D eigenvalue weighted by Gasteiger charge is 2.40. The summed E-state index contributed by atoms with van der Waals surface area (Å²) < 4.78 is 5.72. The average molecular weight is 200 g/mol. The van der Waals surface area contributed by atoms with E-state index in [1.165, 1.54) is 6.42 Å². The lowest BCUT2D eigenvalue weighted by molar-refractivity contribution is -0.116. The van der Waals surface area contributed by atoms with E-state index in [0.29, 0.717) is 17.3 Å². The molecular weight excluding hydrogens is 176 g/mol. The molecule has 1 aliphatic rings. The summed E-state index contributed by atoms with van der Waals surface area (Å²) in [6, 6.07) is 0. The van der Waals surface area contributed by atoms with Crippen LogP contribution in [-0.2, 0) is 4.74 Å². The van der Waals surface area contributed by atoms with E-state index < -0.39 is 0 Å². The number of hydrogen-bond acceptors (Lipinski definition) is 2. The van der Waals surface area contributed by atoms with Crippen molar-refractivity contribution in [3.8, 4) is 0 Å². The molecule has 0 spiro atoms. The van der Waals surface area contributed by atoms with Crippen LogP contribution in [0.1, 0.15) is 40.5 Å². The van der Waals surface area contributed by atoms with Crippen LogP contribution in [0.15, 0.2) is 0 Å². The van der Waals surface area contributed by atoms with Crippen LogP contribution in [0, 0.1) is 17.3 Å². The Morgan fingerprint density at radius 3 is 2.14 bits per heavy atom. The first-order valence-electron chi connectivity index (χ1n) is 5.75. The summed E-state index contributed by atoms with van der Waals surface area (Å²) in [6.07, 6.45) is 2.28. The Morgan fingerprint density at radius 2 is 1.86 bits per heavy atom. The summed E-state index contributed by atoms with van der Waals surface area (Å²) in [6.45, 7) is 10.1. The van der Waals surface area contributed by atoms with Crippen molar-refractivity contribution in [2.75, 3.05) is 13.2 Å². The predicted molar refractivity (Wildman–Crippen MR) is 58.2 cm³/mol. The SMILES string of the molecule is CC(C)C1(C(C)C)CCC(CO)OC1. The Bertz CT molecular complexity index is 157. The van der Waals surface area contributed by atoms with Gasteiger partial charge in [0.05, 0.1) is 19.3 Å². The number of aliphatic hydroxyl groups is 1. The number of rotatable bonds is 3. The van der Waals surface area contributed by atoms with Gasteiger partial charge in [0.1, 0.15) is 0 Å². The second-order valence-electron chi connectivity index (χ2n) is 5.20. The van der Waals surface area contributed by atoms with Gasteiger partial charge < -0.3 is 9.84 Å². The van der Waals surface area contributed by atoms with Crippen molar-refractivity contribution in [3.63, 3.8) is 0 Å². The molecule has 1 unspecified atom stereocenters.